The third-order valence-corrected chi connectivity index (χ3v) is 3.18. The molecular formula is C14H21NO2. The highest BCUT2D eigenvalue weighted by molar-refractivity contribution is 5.42. The summed E-state index contributed by atoms with van der Waals surface area (Å²) in [6, 6.07) is 6.04. The molecule has 1 aromatic rings. The molecule has 0 atom stereocenters. The summed E-state index contributed by atoms with van der Waals surface area (Å²) in [6.07, 6.45) is 2.65. The average Bonchev–Trinajstić information content (AvgIpc) is 2.84. The van der Waals surface area contributed by atoms with Gasteiger partial charge >= 0.3 is 0 Å². The molecule has 0 unspecified atom stereocenters. The predicted octanol–water partition coefficient (Wildman–Crippen LogP) is 2.48. The summed E-state index contributed by atoms with van der Waals surface area (Å²) in [7, 11) is 1.68. The molecule has 3 heteroatoms. The van der Waals surface area contributed by atoms with Crippen molar-refractivity contribution in [1.82, 2.24) is 4.90 Å². The number of hydrogen-bond donors (Lipinski definition) is 0. The Morgan fingerprint density at radius 3 is 2.65 bits per heavy atom. The van der Waals surface area contributed by atoms with Gasteiger partial charge in [-0.1, -0.05) is 6.07 Å². The van der Waals surface area contributed by atoms with E-state index in [9.17, 15) is 0 Å². The zero-order chi connectivity index (χ0) is 12.1. The van der Waals surface area contributed by atoms with Gasteiger partial charge < -0.3 is 9.47 Å². The molecule has 1 fully saturated rings. The van der Waals surface area contributed by atoms with Crippen LogP contribution in [0.15, 0.2) is 18.2 Å². The Balaban J connectivity index is 1.85. The highest BCUT2D eigenvalue weighted by Gasteiger charge is 2.11. The molecule has 1 aliphatic rings. The van der Waals surface area contributed by atoms with Gasteiger partial charge in [-0.05, 0) is 50.6 Å². The molecule has 1 aliphatic heterocycles. The first kappa shape index (κ1) is 12.2. The Morgan fingerprint density at radius 2 is 1.94 bits per heavy atom. The summed E-state index contributed by atoms with van der Waals surface area (Å²) in [5.41, 5.74) is 1.19. The SMILES string of the molecule is COc1cc(C)ccc1OCCN1CCCC1. The van der Waals surface area contributed by atoms with E-state index in [2.05, 4.69) is 11.8 Å². The third kappa shape index (κ3) is 3.37. The van der Waals surface area contributed by atoms with Crippen LogP contribution in [0.5, 0.6) is 11.5 Å². The van der Waals surface area contributed by atoms with E-state index in [1.807, 2.05) is 18.2 Å². The minimum Gasteiger partial charge on any atom is -0.493 e. The van der Waals surface area contributed by atoms with Gasteiger partial charge in [-0.15, -0.1) is 0 Å². The molecule has 1 saturated heterocycles. The molecule has 94 valence electrons. The number of rotatable bonds is 5. The molecule has 17 heavy (non-hydrogen) atoms. The summed E-state index contributed by atoms with van der Waals surface area (Å²) in [4.78, 5) is 2.45. The smallest absolute Gasteiger partial charge is 0.161 e. The van der Waals surface area contributed by atoms with Crippen molar-refractivity contribution in [3.63, 3.8) is 0 Å². The minimum absolute atomic E-state index is 0.736. The van der Waals surface area contributed by atoms with E-state index in [1.54, 1.807) is 7.11 Å². The van der Waals surface area contributed by atoms with Crippen LogP contribution in [-0.2, 0) is 0 Å². The van der Waals surface area contributed by atoms with Crippen molar-refractivity contribution >= 4 is 0 Å². The van der Waals surface area contributed by atoms with Crippen molar-refractivity contribution in [3.8, 4) is 11.5 Å². The number of nitrogens with zero attached hydrogens (tertiary/aromatic N) is 1. The maximum atomic E-state index is 5.78. The highest BCUT2D eigenvalue weighted by atomic mass is 16.5. The first-order valence-electron chi connectivity index (χ1n) is 6.29. The molecular weight excluding hydrogens is 214 g/mol. The lowest BCUT2D eigenvalue weighted by Gasteiger charge is -2.16. The second-order valence-corrected chi connectivity index (χ2v) is 4.55. The zero-order valence-electron chi connectivity index (χ0n) is 10.7. The molecule has 0 aromatic heterocycles. The van der Waals surface area contributed by atoms with Crippen molar-refractivity contribution in [2.24, 2.45) is 0 Å². The summed E-state index contributed by atoms with van der Waals surface area (Å²) in [5.74, 6) is 1.67. The van der Waals surface area contributed by atoms with Crippen molar-refractivity contribution in [2.45, 2.75) is 19.8 Å². The number of aryl methyl sites for hydroxylation is 1. The van der Waals surface area contributed by atoms with Crippen molar-refractivity contribution in [2.75, 3.05) is 33.4 Å². The van der Waals surface area contributed by atoms with Crippen molar-refractivity contribution < 1.29 is 9.47 Å². The Morgan fingerprint density at radius 1 is 1.18 bits per heavy atom. The van der Waals surface area contributed by atoms with Gasteiger partial charge in [-0.3, -0.25) is 4.90 Å². The predicted molar refractivity (Wildman–Crippen MR) is 68.9 cm³/mol. The summed E-state index contributed by atoms with van der Waals surface area (Å²) in [5, 5.41) is 0. The van der Waals surface area contributed by atoms with Gasteiger partial charge in [-0.2, -0.15) is 0 Å². The summed E-state index contributed by atoms with van der Waals surface area (Å²) >= 11 is 0. The first-order valence-corrected chi connectivity index (χ1v) is 6.29. The molecule has 1 aromatic carbocycles. The topological polar surface area (TPSA) is 21.7 Å². The number of ether oxygens (including phenoxy) is 2. The van der Waals surface area contributed by atoms with Crippen LogP contribution < -0.4 is 9.47 Å². The summed E-state index contributed by atoms with van der Waals surface area (Å²) in [6.45, 7) is 6.23. The lowest BCUT2D eigenvalue weighted by Crippen LogP contribution is -2.25. The lowest BCUT2D eigenvalue weighted by molar-refractivity contribution is 0.230. The molecule has 0 spiro atoms. The van der Waals surface area contributed by atoms with Crippen LogP contribution in [0.4, 0.5) is 0 Å². The lowest BCUT2D eigenvalue weighted by atomic mass is 10.2. The Kier molecular flexibility index (Phi) is 4.26. The average molecular weight is 235 g/mol. The van der Waals surface area contributed by atoms with Gasteiger partial charge in [0.2, 0.25) is 0 Å². The zero-order valence-corrected chi connectivity index (χ0v) is 10.7. The van der Waals surface area contributed by atoms with E-state index in [0.717, 1.165) is 24.7 Å². The first-order chi connectivity index (χ1) is 8.29. The van der Waals surface area contributed by atoms with Crippen LogP contribution in [0.25, 0.3) is 0 Å². The van der Waals surface area contributed by atoms with E-state index < -0.39 is 0 Å². The molecule has 0 aliphatic carbocycles. The molecule has 1 heterocycles. The minimum atomic E-state index is 0.736. The molecule has 3 nitrogen and oxygen atoms in total. The molecule has 2 rings (SSSR count). The molecule has 0 saturated carbocycles. The van der Waals surface area contributed by atoms with E-state index in [1.165, 1.54) is 31.5 Å². The van der Waals surface area contributed by atoms with Crippen LogP contribution in [0.1, 0.15) is 18.4 Å². The van der Waals surface area contributed by atoms with Crippen molar-refractivity contribution in [1.29, 1.82) is 0 Å². The number of benzene rings is 1. The molecule has 0 N–H and O–H groups in total. The summed E-state index contributed by atoms with van der Waals surface area (Å²) < 4.78 is 11.1. The van der Waals surface area contributed by atoms with Gasteiger partial charge in [0.25, 0.3) is 0 Å². The Bertz CT molecular complexity index is 359. The van der Waals surface area contributed by atoms with Crippen LogP contribution in [0.2, 0.25) is 0 Å². The number of likely N-dealkylation sites (tertiary alicyclic amines) is 1. The fourth-order valence-electron chi connectivity index (χ4n) is 2.18. The maximum Gasteiger partial charge on any atom is 0.161 e. The largest absolute Gasteiger partial charge is 0.493 e. The number of methoxy groups -OCH3 is 1. The van der Waals surface area contributed by atoms with Crippen LogP contribution in [-0.4, -0.2) is 38.3 Å². The van der Waals surface area contributed by atoms with Gasteiger partial charge in [0.05, 0.1) is 7.11 Å². The van der Waals surface area contributed by atoms with Gasteiger partial charge in [-0.25, -0.2) is 0 Å². The van der Waals surface area contributed by atoms with E-state index in [-0.39, 0.29) is 0 Å². The standard InChI is InChI=1S/C14H21NO2/c1-12-5-6-13(14(11-12)16-2)17-10-9-15-7-3-4-8-15/h5-6,11H,3-4,7-10H2,1-2H3. The molecule has 0 bridgehead atoms. The monoisotopic (exact) mass is 235 g/mol. The highest BCUT2D eigenvalue weighted by Crippen LogP contribution is 2.27. The fraction of sp³-hybridized carbons (Fsp3) is 0.571. The maximum absolute atomic E-state index is 5.78. The molecule has 0 amide bonds. The Hall–Kier alpha value is -1.22. The van der Waals surface area contributed by atoms with Crippen LogP contribution in [0.3, 0.4) is 0 Å². The second kappa shape index (κ2) is 5.92. The van der Waals surface area contributed by atoms with E-state index in [0.29, 0.717) is 0 Å². The third-order valence-electron chi connectivity index (χ3n) is 3.18. The van der Waals surface area contributed by atoms with Gasteiger partial charge in [0, 0.05) is 6.54 Å². The van der Waals surface area contributed by atoms with E-state index in [4.69, 9.17) is 9.47 Å². The molecule has 0 radical (unpaired) electrons. The van der Waals surface area contributed by atoms with Gasteiger partial charge in [0.15, 0.2) is 11.5 Å². The van der Waals surface area contributed by atoms with Crippen LogP contribution in [0, 0.1) is 6.92 Å². The van der Waals surface area contributed by atoms with Crippen molar-refractivity contribution in [3.05, 3.63) is 23.8 Å². The second-order valence-electron chi connectivity index (χ2n) is 4.55. The van der Waals surface area contributed by atoms with E-state index >= 15 is 0 Å². The van der Waals surface area contributed by atoms with Gasteiger partial charge in [0.1, 0.15) is 6.61 Å². The Labute approximate surface area is 103 Å². The quantitative estimate of drug-likeness (QED) is 0.782. The number of hydrogen-bond acceptors (Lipinski definition) is 3. The fourth-order valence-corrected chi connectivity index (χ4v) is 2.18. The normalized spacial score (nSPS) is 16.1. The van der Waals surface area contributed by atoms with Crippen LogP contribution >= 0.6 is 0 Å².